The first-order valence-electron chi connectivity index (χ1n) is 34.6. The average Bonchev–Trinajstić information content (AvgIpc) is 1.59. The van der Waals surface area contributed by atoms with Crippen molar-refractivity contribution >= 4 is 70.2 Å². The summed E-state index contributed by atoms with van der Waals surface area (Å²) in [5, 5.41) is 52.6. The molecule has 16 heteroatoms. The number of benzene rings is 4. The lowest BCUT2D eigenvalue weighted by molar-refractivity contribution is -0.256. The molecule has 0 saturated heterocycles. The molecule has 16 nitrogen and oxygen atoms in total. The van der Waals surface area contributed by atoms with Gasteiger partial charge < -0.3 is 68.5 Å². The summed E-state index contributed by atoms with van der Waals surface area (Å²) in [6.07, 6.45) is 22.5. The molecular formula is C80H90N4O12-4. The van der Waals surface area contributed by atoms with E-state index in [1.807, 2.05) is 24.3 Å². The van der Waals surface area contributed by atoms with Crippen LogP contribution in [-0.2, 0) is 0 Å². The van der Waals surface area contributed by atoms with Crippen molar-refractivity contribution in [2.75, 3.05) is 26.4 Å². The fourth-order valence-corrected chi connectivity index (χ4v) is 12.6. The molecule has 0 aliphatic carbocycles. The van der Waals surface area contributed by atoms with Gasteiger partial charge in [-0.2, -0.15) is 0 Å². The van der Waals surface area contributed by atoms with Gasteiger partial charge in [0, 0.05) is 66.6 Å². The Morgan fingerprint density at radius 3 is 0.750 bits per heavy atom. The van der Waals surface area contributed by atoms with Crippen LogP contribution >= 0.6 is 0 Å². The summed E-state index contributed by atoms with van der Waals surface area (Å²) < 4.78 is 26.0. The molecule has 2 aliphatic heterocycles. The Morgan fingerprint density at radius 2 is 0.562 bits per heavy atom. The Balaban J connectivity index is 1.42. The molecule has 5 heterocycles. The second-order valence-electron chi connectivity index (χ2n) is 25.5. The molecule has 0 fully saturated rings. The summed E-state index contributed by atoms with van der Waals surface area (Å²) in [4.78, 5) is 70.7. The van der Waals surface area contributed by atoms with Crippen molar-refractivity contribution < 1.29 is 58.6 Å². The van der Waals surface area contributed by atoms with Crippen LogP contribution in [0.4, 0.5) is 0 Å². The van der Waals surface area contributed by atoms with E-state index in [0.29, 0.717) is 139 Å². The molecule has 4 aromatic carbocycles. The number of fused-ring (bicyclic) bond motifs is 8. The fourth-order valence-electron chi connectivity index (χ4n) is 12.6. The van der Waals surface area contributed by atoms with E-state index >= 15 is 0 Å². The molecule has 8 bridgehead atoms. The molecule has 2 N–H and O–H groups in total. The predicted molar refractivity (Wildman–Crippen MR) is 373 cm³/mol. The van der Waals surface area contributed by atoms with E-state index in [2.05, 4.69) is 65.4 Å². The number of rotatable bonds is 36. The van der Waals surface area contributed by atoms with Crippen LogP contribution in [0.3, 0.4) is 0 Å². The maximum Gasteiger partial charge on any atom is 0.120 e. The summed E-state index contributed by atoms with van der Waals surface area (Å²) in [6.45, 7) is 18.3. The Hall–Kier alpha value is -9.44. The quantitative estimate of drug-likeness (QED) is 0.0370. The third-order valence-electron chi connectivity index (χ3n) is 18.6. The van der Waals surface area contributed by atoms with E-state index in [-0.39, 0.29) is 45.9 Å². The minimum atomic E-state index is -1.43. The standard InChI is InChI=1S/C80H94N4O12/c1-9-17-21-49(13-5)45-93-61-37-53(33-57(41-61)77(85)86)73-65-25-27-67(81-65)74(54-34-58(78(87)88)42-62(38-54)94-46-50(14-6)22-18-10-2)69-29-31-71(83-69)76(56-36-60(80(91)92)44-64(40-56)96-48-52(16-8)24-20-12-4)72-32-30-70(84-72)75(68-28-26-66(73)82-68)55-35-59(79(89)90)43-63(39-55)95-47-51(15-7)23-19-11-3/h25-44,49-52,81,84H,9-24,45-48H2,1-8H3,(H,85,86)(H,87,88)(H,89,90)(H,91,92)/p-4. The van der Waals surface area contributed by atoms with Gasteiger partial charge in [-0.3, -0.25) is 0 Å². The molecule has 3 aromatic heterocycles. The van der Waals surface area contributed by atoms with Gasteiger partial charge in [0.2, 0.25) is 0 Å². The number of carbonyl (C=O) groups excluding carboxylic acids is 4. The Morgan fingerprint density at radius 1 is 0.344 bits per heavy atom. The molecule has 4 atom stereocenters. The zero-order valence-corrected chi connectivity index (χ0v) is 56.8. The molecule has 506 valence electrons. The molecule has 0 radical (unpaired) electrons. The zero-order chi connectivity index (χ0) is 68.4. The number of nitrogens with zero attached hydrogens (tertiary/aromatic N) is 2. The van der Waals surface area contributed by atoms with Crippen molar-refractivity contribution in [3.05, 3.63) is 142 Å². The molecule has 0 saturated carbocycles. The minimum absolute atomic E-state index is 0.138. The molecule has 0 amide bonds. The highest BCUT2D eigenvalue weighted by Gasteiger charge is 2.24. The Bertz CT molecular complexity index is 3640. The van der Waals surface area contributed by atoms with E-state index in [1.165, 1.54) is 48.5 Å². The molecule has 4 unspecified atom stereocenters. The Kier molecular flexibility index (Phi) is 24.9. The summed E-state index contributed by atoms with van der Waals surface area (Å²) in [5.41, 5.74) is 6.19. The van der Waals surface area contributed by atoms with E-state index in [4.69, 9.17) is 28.9 Å². The highest BCUT2D eigenvalue weighted by atomic mass is 16.5. The third kappa shape index (κ3) is 17.7. The zero-order valence-electron chi connectivity index (χ0n) is 56.8. The summed E-state index contributed by atoms with van der Waals surface area (Å²) in [5.74, 6) is -3.66. The normalized spacial score (nSPS) is 13.1. The number of carboxylic acids is 4. The van der Waals surface area contributed by atoms with Crippen molar-refractivity contribution in [3.63, 3.8) is 0 Å². The first kappa shape index (κ1) is 70.9. The molecule has 96 heavy (non-hydrogen) atoms. The Labute approximate surface area is 563 Å². The maximum absolute atomic E-state index is 13.1. The maximum atomic E-state index is 13.1. The van der Waals surface area contributed by atoms with Crippen LogP contribution in [0.25, 0.3) is 90.9 Å². The first-order chi connectivity index (χ1) is 46.5. The number of nitrogens with one attached hydrogen (secondary N) is 2. The number of H-pyrrole nitrogens is 2. The number of aromatic amines is 2. The van der Waals surface area contributed by atoms with Gasteiger partial charge in [0.1, 0.15) is 23.0 Å². The van der Waals surface area contributed by atoms with Crippen molar-refractivity contribution in [3.8, 4) is 67.5 Å². The van der Waals surface area contributed by atoms with Gasteiger partial charge in [-0.25, -0.2) is 9.97 Å². The molecule has 0 spiro atoms. The van der Waals surface area contributed by atoms with Gasteiger partial charge in [-0.1, -0.05) is 132 Å². The monoisotopic (exact) mass is 1300 g/mol. The molecule has 9 rings (SSSR count). The SMILES string of the molecule is CCCCC(CC)COc1cc(C(=O)[O-])cc(-c2c3nc(c(-c4cc(OCC(CC)CCCC)cc(C(=O)[O-])c4)c4ccc([nH]4)c(-c4cc(OCC(CC)CCCC)cc(C(=O)[O-])c4)c4nc(c(-c5cc(OCC(CC)CCCC)cc(C(=O)[O-])c5)c5ccc2[nH]5)C=C4)C=C3)c1. The highest BCUT2D eigenvalue weighted by Crippen LogP contribution is 2.42. The van der Waals surface area contributed by atoms with Crippen molar-refractivity contribution in [2.45, 2.75) is 158 Å². The number of carbonyl (C=O) groups is 4. The van der Waals surface area contributed by atoms with Crippen molar-refractivity contribution in [1.29, 1.82) is 0 Å². The van der Waals surface area contributed by atoms with Gasteiger partial charge in [0.05, 0.1) is 73.1 Å². The molecule has 7 aromatic rings. The van der Waals surface area contributed by atoms with Crippen LogP contribution < -0.4 is 39.4 Å². The van der Waals surface area contributed by atoms with Gasteiger partial charge in [-0.05, 0) is 193 Å². The van der Waals surface area contributed by atoms with Crippen LogP contribution in [0.1, 0.15) is 222 Å². The second-order valence-corrected chi connectivity index (χ2v) is 25.5. The van der Waals surface area contributed by atoms with Crippen LogP contribution in [0.15, 0.2) is 97.1 Å². The molecular weight excluding hydrogens is 1210 g/mol. The number of aromatic carboxylic acids is 4. The number of ether oxygens (including phenoxy) is 4. The van der Waals surface area contributed by atoms with Crippen molar-refractivity contribution in [1.82, 2.24) is 19.9 Å². The largest absolute Gasteiger partial charge is 0.545 e. The van der Waals surface area contributed by atoms with Gasteiger partial charge in [0.15, 0.2) is 0 Å². The third-order valence-corrected chi connectivity index (χ3v) is 18.6. The van der Waals surface area contributed by atoms with Crippen molar-refractivity contribution in [2.24, 2.45) is 23.7 Å². The second kappa shape index (κ2) is 33.8. The summed E-state index contributed by atoms with van der Waals surface area (Å²) >= 11 is 0. The van der Waals surface area contributed by atoms with E-state index in [0.717, 1.165) is 103 Å². The van der Waals surface area contributed by atoms with Crippen LogP contribution in [0, 0.1) is 23.7 Å². The number of aromatic nitrogens is 4. The van der Waals surface area contributed by atoms with Crippen LogP contribution in [-0.4, -0.2) is 70.2 Å². The van der Waals surface area contributed by atoms with Crippen LogP contribution in [0.5, 0.6) is 23.0 Å². The van der Waals surface area contributed by atoms with Crippen LogP contribution in [0.2, 0.25) is 0 Å². The lowest BCUT2D eigenvalue weighted by Gasteiger charge is -2.18. The van der Waals surface area contributed by atoms with Gasteiger partial charge in [0.25, 0.3) is 0 Å². The summed E-state index contributed by atoms with van der Waals surface area (Å²) in [7, 11) is 0. The number of hydrogen-bond acceptors (Lipinski definition) is 14. The number of carboxylic acid groups (broad SMARTS) is 4. The minimum Gasteiger partial charge on any atom is -0.545 e. The van der Waals surface area contributed by atoms with Gasteiger partial charge >= 0.3 is 0 Å². The van der Waals surface area contributed by atoms with E-state index < -0.39 is 23.9 Å². The smallest absolute Gasteiger partial charge is 0.120 e. The topological polar surface area (TPSA) is 255 Å². The summed E-state index contributed by atoms with van der Waals surface area (Å²) in [6, 6.07) is 26.4. The highest BCUT2D eigenvalue weighted by molar-refractivity contribution is 6.03. The van der Waals surface area contributed by atoms with E-state index in [9.17, 15) is 39.6 Å². The first-order valence-corrected chi connectivity index (χ1v) is 34.6. The number of unbranched alkanes of at least 4 members (excludes halogenated alkanes) is 4. The molecule has 2 aliphatic rings. The number of hydrogen-bond donors (Lipinski definition) is 2. The predicted octanol–water partition coefficient (Wildman–Crippen LogP) is 15.2. The lowest BCUT2D eigenvalue weighted by atomic mass is 9.99. The van der Waals surface area contributed by atoms with E-state index in [1.54, 1.807) is 48.6 Å². The average molecular weight is 1300 g/mol. The van der Waals surface area contributed by atoms with Gasteiger partial charge in [-0.15, -0.1) is 0 Å². The fraction of sp³-hybridized carbons (Fsp3) is 0.400. The lowest BCUT2D eigenvalue weighted by Crippen LogP contribution is -2.22.